The monoisotopic (exact) mass is 323 g/mol. The summed E-state index contributed by atoms with van der Waals surface area (Å²) in [5.74, 6) is -3.01. The molecule has 0 aromatic heterocycles. The van der Waals surface area contributed by atoms with Crippen molar-refractivity contribution in [2.75, 3.05) is 5.32 Å². The summed E-state index contributed by atoms with van der Waals surface area (Å²) in [5, 5.41) is 10.6. The second kappa shape index (κ2) is 5.44. The number of amides is 1. The van der Waals surface area contributed by atoms with E-state index in [0.29, 0.717) is 12.8 Å². The normalized spacial score (nSPS) is 14.7. The van der Waals surface area contributed by atoms with E-state index >= 15 is 0 Å². The van der Waals surface area contributed by atoms with E-state index in [-0.39, 0.29) is 5.92 Å². The SMILES string of the molecule is O=C(O)c1ccc(OC(F)(F)F)c(NC(=O)C2CC2)c1Cl. The molecule has 2 N–H and O–H groups in total. The fourth-order valence-electron chi connectivity index (χ4n) is 1.62. The number of carboxylic acid groups (broad SMARTS) is 1. The number of carbonyl (C=O) groups excluding carboxylic acids is 1. The first-order valence-corrected chi connectivity index (χ1v) is 6.19. The van der Waals surface area contributed by atoms with Crippen molar-refractivity contribution >= 4 is 29.2 Å². The highest BCUT2D eigenvalue weighted by Gasteiger charge is 2.35. The van der Waals surface area contributed by atoms with Gasteiger partial charge in [0.05, 0.1) is 10.6 Å². The molecule has 1 amide bonds. The molecule has 0 heterocycles. The van der Waals surface area contributed by atoms with Crippen LogP contribution in [-0.4, -0.2) is 23.3 Å². The summed E-state index contributed by atoms with van der Waals surface area (Å²) in [6.45, 7) is 0. The lowest BCUT2D eigenvalue weighted by molar-refractivity contribution is -0.274. The molecule has 1 saturated carbocycles. The molecule has 21 heavy (non-hydrogen) atoms. The van der Waals surface area contributed by atoms with Gasteiger partial charge in [0.1, 0.15) is 5.69 Å². The lowest BCUT2D eigenvalue weighted by Gasteiger charge is -2.16. The number of benzene rings is 1. The first-order chi connectivity index (χ1) is 9.69. The third-order valence-electron chi connectivity index (χ3n) is 2.76. The number of alkyl halides is 3. The lowest BCUT2D eigenvalue weighted by atomic mass is 10.1. The predicted octanol–water partition coefficient (Wildman–Crippen LogP) is 3.29. The lowest BCUT2D eigenvalue weighted by Crippen LogP contribution is -2.21. The summed E-state index contributed by atoms with van der Waals surface area (Å²) in [6.07, 6.45) is -3.75. The molecule has 0 bridgehead atoms. The smallest absolute Gasteiger partial charge is 0.478 e. The molecule has 0 unspecified atom stereocenters. The molecule has 1 aromatic rings. The Morgan fingerprint density at radius 3 is 2.43 bits per heavy atom. The molecule has 0 aliphatic heterocycles. The van der Waals surface area contributed by atoms with Crippen LogP contribution in [0.1, 0.15) is 23.2 Å². The molecular formula is C12H9ClF3NO4. The average molecular weight is 324 g/mol. The Labute approximate surface area is 121 Å². The van der Waals surface area contributed by atoms with Crippen molar-refractivity contribution in [3.8, 4) is 5.75 Å². The zero-order valence-corrected chi connectivity index (χ0v) is 11.1. The number of rotatable bonds is 4. The van der Waals surface area contributed by atoms with Gasteiger partial charge >= 0.3 is 12.3 Å². The summed E-state index contributed by atoms with van der Waals surface area (Å²) in [7, 11) is 0. The Kier molecular flexibility index (Phi) is 3.99. The van der Waals surface area contributed by atoms with Crippen LogP contribution in [-0.2, 0) is 4.79 Å². The minimum absolute atomic E-state index is 0.298. The highest BCUT2D eigenvalue weighted by Crippen LogP contribution is 2.40. The van der Waals surface area contributed by atoms with E-state index < -0.39 is 40.3 Å². The van der Waals surface area contributed by atoms with Crippen molar-refractivity contribution in [3.05, 3.63) is 22.7 Å². The molecular weight excluding hydrogens is 315 g/mol. The van der Waals surface area contributed by atoms with Crippen molar-refractivity contribution in [2.45, 2.75) is 19.2 Å². The minimum atomic E-state index is -4.99. The molecule has 5 nitrogen and oxygen atoms in total. The van der Waals surface area contributed by atoms with Crippen LogP contribution in [0.3, 0.4) is 0 Å². The van der Waals surface area contributed by atoms with Crippen molar-refractivity contribution < 1.29 is 32.6 Å². The maximum Gasteiger partial charge on any atom is 0.573 e. The maximum absolute atomic E-state index is 12.3. The fraction of sp³-hybridized carbons (Fsp3) is 0.333. The van der Waals surface area contributed by atoms with Gasteiger partial charge in [-0.25, -0.2) is 4.79 Å². The maximum atomic E-state index is 12.3. The Balaban J connectivity index is 2.41. The van der Waals surface area contributed by atoms with E-state index in [4.69, 9.17) is 16.7 Å². The average Bonchev–Trinajstić information content (AvgIpc) is 3.15. The molecule has 0 atom stereocenters. The van der Waals surface area contributed by atoms with Crippen LogP contribution >= 0.6 is 11.6 Å². The number of ether oxygens (including phenoxy) is 1. The van der Waals surface area contributed by atoms with Crippen LogP contribution in [0.4, 0.5) is 18.9 Å². The molecule has 2 rings (SSSR count). The third-order valence-corrected chi connectivity index (χ3v) is 3.15. The molecule has 0 saturated heterocycles. The number of aromatic carboxylic acids is 1. The summed E-state index contributed by atoms with van der Waals surface area (Å²) >= 11 is 5.76. The van der Waals surface area contributed by atoms with Gasteiger partial charge < -0.3 is 15.2 Å². The summed E-state index contributed by atoms with van der Waals surface area (Å²) in [4.78, 5) is 22.6. The van der Waals surface area contributed by atoms with Gasteiger partial charge in [0.15, 0.2) is 5.75 Å². The largest absolute Gasteiger partial charge is 0.573 e. The first-order valence-electron chi connectivity index (χ1n) is 5.81. The number of carbonyl (C=O) groups is 2. The van der Waals surface area contributed by atoms with Crippen LogP contribution in [0.2, 0.25) is 5.02 Å². The van der Waals surface area contributed by atoms with E-state index in [9.17, 15) is 22.8 Å². The molecule has 114 valence electrons. The second-order valence-electron chi connectivity index (χ2n) is 4.42. The number of carboxylic acids is 1. The molecule has 1 aliphatic carbocycles. The zero-order valence-electron chi connectivity index (χ0n) is 10.3. The van der Waals surface area contributed by atoms with Gasteiger partial charge in [-0.2, -0.15) is 0 Å². The molecule has 1 fully saturated rings. The van der Waals surface area contributed by atoms with Crippen molar-refractivity contribution in [1.29, 1.82) is 0 Å². The first kappa shape index (κ1) is 15.4. The van der Waals surface area contributed by atoms with Crippen LogP contribution < -0.4 is 10.1 Å². The molecule has 1 aliphatic rings. The Morgan fingerprint density at radius 1 is 1.33 bits per heavy atom. The Hall–Kier alpha value is -1.96. The summed E-state index contributed by atoms with van der Waals surface area (Å²) in [6, 6.07) is 1.67. The number of halogens is 4. The van der Waals surface area contributed by atoms with Crippen LogP contribution in [0.25, 0.3) is 0 Å². The van der Waals surface area contributed by atoms with E-state index in [2.05, 4.69) is 10.1 Å². The summed E-state index contributed by atoms with van der Waals surface area (Å²) in [5.41, 5.74) is -0.928. The van der Waals surface area contributed by atoms with Gasteiger partial charge in [0.2, 0.25) is 5.91 Å². The number of nitrogens with one attached hydrogen (secondary N) is 1. The minimum Gasteiger partial charge on any atom is -0.478 e. The third kappa shape index (κ3) is 3.78. The van der Waals surface area contributed by atoms with Gasteiger partial charge in [-0.15, -0.1) is 13.2 Å². The number of hydrogen-bond donors (Lipinski definition) is 2. The molecule has 1 aromatic carbocycles. The molecule has 0 spiro atoms. The number of anilines is 1. The second-order valence-corrected chi connectivity index (χ2v) is 4.79. The Morgan fingerprint density at radius 2 is 1.95 bits per heavy atom. The Bertz CT molecular complexity index is 599. The molecule has 0 radical (unpaired) electrons. The topological polar surface area (TPSA) is 75.6 Å². The van der Waals surface area contributed by atoms with Crippen molar-refractivity contribution in [1.82, 2.24) is 0 Å². The van der Waals surface area contributed by atoms with Crippen molar-refractivity contribution in [3.63, 3.8) is 0 Å². The quantitative estimate of drug-likeness (QED) is 0.891. The van der Waals surface area contributed by atoms with E-state index in [1.165, 1.54) is 0 Å². The van der Waals surface area contributed by atoms with Crippen LogP contribution in [0.15, 0.2) is 12.1 Å². The fourth-order valence-corrected chi connectivity index (χ4v) is 1.90. The van der Waals surface area contributed by atoms with Gasteiger partial charge in [0, 0.05) is 5.92 Å². The highest BCUT2D eigenvalue weighted by molar-refractivity contribution is 6.37. The van der Waals surface area contributed by atoms with E-state index in [1.54, 1.807) is 0 Å². The van der Waals surface area contributed by atoms with Gasteiger partial charge in [-0.05, 0) is 25.0 Å². The summed E-state index contributed by atoms with van der Waals surface area (Å²) < 4.78 is 40.7. The number of hydrogen-bond acceptors (Lipinski definition) is 3. The highest BCUT2D eigenvalue weighted by atomic mass is 35.5. The predicted molar refractivity (Wildman–Crippen MR) is 66.4 cm³/mol. The van der Waals surface area contributed by atoms with Crippen LogP contribution in [0, 0.1) is 5.92 Å². The van der Waals surface area contributed by atoms with Gasteiger partial charge in [-0.3, -0.25) is 4.79 Å². The van der Waals surface area contributed by atoms with Crippen molar-refractivity contribution in [2.24, 2.45) is 5.92 Å². The van der Waals surface area contributed by atoms with Gasteiger partial charge in [0.25, 0.3) is 0 Å². The van der Waals surface area contributed by atoms with Gasteiger partial charge in [-0.1, -0.05) is 11.6 Å². The zero-order chi connectivity index (χ0) is 15.8. The van der Waals surface area contributed by atoms with E-state index in [0.717, 1.165) is 12.1 Å². The van der Waals surface area contributed by atoms with Crippen LogP contribution in [0.5, 0.6) is 5.75 Å². The standard InChI is InChI=1S/C12H9ClF3NO4/c13-8-6(11(19)20)3-4-7(21-12(14,15)16)9(8)17-10(18)5-1-2-5/h3-5H,1-2H2,(H,17,18)(H,19,20). The van der Waals surface area contributed by atoms with E-state index in [1.807, 2.05) is 0 Å². The molecule has 9 heteroatoms.